The number of ether oxygens (including phenoxy) is 1. The van der Waals surface area contributed by atoms with Gasteiger partial charge in [0.25, 0.3) is 0 Å². The number of benzene rings is 1. The van der Waals surface area contributed by atoms with E-state index in [1.54, 1.807) is 0 Å². The summed E-state index contributed by atoms with van der Waals surface area (Å²) in [5.41, 5.74) is 0.999. The Balaban J connectivity index is 2.64. The highest BCUT2D eigenvalue weighted by Crippen LogP contribution is 2.20. The van der Waals surface area contributed by atoms with Gasteiger partial charge >= 0.3 is 0 Å². The maximum absolute atomic E-state index is 5.73. The summed E-state index contributed by atoms with van der Waals surface area (Å²) >= 11 is 0. The van der Waals surface area contributed by atoms with Crippen molar-refractivity contribution in [3.05, 3.63) is 24.3 Å². The van der Waals surface area contributed by atoms with Gasteiger partial charge in [0.15, 0.2) is 0 Å². The maximum atomic E-state index is 5.73. The molecule has 0 saturated carbocycles. The van der Waals surface area contributed by atoms with Crippen molar-refractivity contribution < 1.29 is 4.74 Å². The average Bonchev–Trinajstić information content (AvgIpc) is 2.05. The zero-order valence-corrected chi connectivity index (χ0v) is 10.3. The Bertz CT molecular complexity index is 295. The van der Waals surface area contributed by atoms with Gasteiger partial charge in [-0.05, 0) is 58.9 Å². The Morgan fingerprint density at radius 1 is 1.07 bits per heavy atom. The van der Waals surface area contributed by atoms with E-state index < -0.39 is 0 Å². The molecular formula is C13H21NO. The third kappa shape index (κ3) is 4.73. The number of nitrogens with one attached hydrogen (secondary N) is 1. The van der Waals surface area contributed by atoms with Gasteiger partial charge in [-0.25, -0.2) is 0 Å². The van der Waals surface area contributed by atoms with Crippen LogP contribution in [0.5, 0.6) is 5.75 Å². The number of anilines is 1. The maximum Gasteiger partial charge on any atom is 0.120 e. The van der Waals surface area contributed by atoms with Crippen molar-refractivity contribution in [1.29, 1.82) is 0 Å². The SMILES string of the molecule is CC(C)Nc1ccc(OC(C)(C)C)cc1. The third-order valence-electron chi connectivity index (χ3n) is 1.73. The molecule has 0 fully saturated rings. The van der Waals surface area contributed by atoms with Crippen molar-refractivity contribution in [3.63, 3.8) is 0 Å². The largest absolute Gasteiger partial charge is 0.488 e. The molecule has 84 valence electrons. The fraction of sp³-hybridized carbons (Fsp3) is 0.538. The highest BCUT2D eigenvalue weighted by atomic mass is 16.5. The van der Waals surface area contributed by atoms with Gasteiger partial charge in [-0.15, -0.1) is 0 Å². The fourth-order valence-corrected chi connectivity index (χ4v) is 1.31. The first-order chi connectivity index (χ1) is 6.87. The average molecular weight is 207 g/mol. The molecule has 0 amide bonds. The van der Waals surface area contributed by atoms with Gasteiger partial charge in [0.1, 0.15) is 11.4 Å². The zero-order chi connectivity index (χ0) is 11.5. The molecule has 1 aromatic carbocycles. The first kappa shape index (κ1) is 11.9. The second kappa shape index (κ2) is 4.56. The van der Waals surface area contributed by atoms with E-state index >= 15 is 0 Å². The molecule has 0 aliphatic carbocycles. The standard InChI is InChI=1S/C13H21NO/c1-10(2)14-11-6-8-12(9-7-11)15-13(3,4)5/h6-10,14H,1-5H3. The molecule has 0 heterocycles. The molecular weight excluding hydrogens is 186 g/mol. The van der Waals surface area contributed by atoms with Crippen LogP contribution in [0.15, 0.2) is 24.3 Å². The minimum absolute atomic E-state index is 0.132. The normalized spacial score (nSPS) is 11.6. The summed E-state index contributed by atoms with van der Waals surface area (Å²) in [5.74, 6) is 0.914. The Morgan fingerprint density at radius 2 is 1.60 bits per heavy atom. The quantitative estimate of drug-likeness (QED) is 0.816. The molecule has 0 spiro atoms. The summed E-state index contributed by atoms with van der Waals surface area (Å²) in [4.78, 5) is 0. The minimum Gasteiger partial charge on any atom is -0.488 e. The predicted molar refractivity (Wildman–Crippen MR) is 65.6 cm³/mol. The lowest BCUT2D eigenvalue weighted by atomic mass is 10.2. The highest BCUT2D eigenvalue weighted by molar-refractivity contribution is 5.46. The van der Waals surface area contributed by atoms with Crippen LogP contribution >= 0.6 is 0 Å². The monoisotopic (exact) mass is 207 g/mol. The van der Waals surface area contributed by atoms with Crippen molar-refractivity contribution in [2.24, 2.45) is 0 Å². The van der Waals surface area contributed by atoms with Crippen LogP contribution in [0.25, 0.3) is 0 Å². The third-order valence-corrected chi connectivity index (χ3v) is 1.73. The van der Waals surface area contributed by atoms with Crippen LogP contribution < -0.4 is 10.1 Å². The van der Waals surface area contributed by atoms with E-state index in [1.807, 2.05) is 45.0 Å². The summed E-state index contributed by atoms with van der Waals surface area (Å²) in [6.07, 6.45) is 0. The fourth-order valence-electron chi connectivity index (χ4n) is 1.31. The minimum atomic E-state index is -0.132. The van der Waals surface area contributed by atoms with Crippen molar-refractivity contribution in [2.45, 2.75) is 46.3 Å². The van der Waals surface area contributed by atoms with Crippen LogP contribution in [-0.4, -0.2) is 11.6 Å². The molecule has 0 aliphatic rings. The topological polar surface area (TPSA) is 21.3 Å². The van der Waals surface area contributed by atoms with Crippen molar-refractivity contribution in [3.8, 4) is 5.75 Å². The van der Waals surface area contributed by atoms with Crippen LogP contribution in [0.2, 0.25) is 0 Å². The molecule has 0 aliphatic heterocycles. The summed E-state index contributed by atoms with van der Waals surface area (Å²) in [7, 11) is 0. The molecule has 15 heavy (non-hydrogen) atoms. The second-order valence-corrected chi connectivity index (χ2v) is 5.04. The van der Waals surface area contributed by atoms with Crippen LogP contribution in [0.3, 0.4) is 0 Å². The van der Waals surface area contributed by atoms with Crippen molar-refractivity contribution in [2.75, 3.05) is 5.32 Å². The Kier molecular flexibility index (Phi) is 3.61. The second-order valence-electron chi connectivity index (χ2n) is 5.04. The van der Waals surface area contributed by atoms with Crippen LogP contribution in [0.1, 0.15) is 34.6 Å². The molecule has 2 heteroatoms. The molecule has 1 N–H and O–H groups in total. The first-order valence-corrected chi connectivity index (χ1v) is 5.42. The van der Waals surface area contributed by atoms with Gasteiger partial charge < -0.3 is 10.1 Å². The van der Waals surface area contributed by atoms with Crippen LogP contribution in [-0.2, 0) is 0 Å². The molecule has 0 atom stereocenters. The summed E-state index contributed by atoms with van der Waals surface area (Å²) in [5, 5.41) is 3.34. The van der Waals surface area contributed by atoms with E-state index in [1.165, 1.54) is 0 Å². The van der Waals surface area contributed by atoms with Gasteiger partial charge in [0.2, 0.25) is 0 Å². The Labute approximate surface area is 92.6 Å². The molecule has 0 aromatic heterocycles. The van der Waals surface area contributed by atoms with Crippen LogP contribution in [0.4, 0.5) is 5.69 Å². The van der Waals surface area contributed by atoms with Crippen molar-refractivity contribution >= 4 is 5.69 Å². The number of rotatable bonds is 3. The molecule has 0 unspecified atom stereocenters. The smallest absolute Gasteiger partial charge is 0.120 e. The van der Waals surface area contributed by atoms with E-state index in [0.717, 1.165) is 11.4 Å². The number of hydrogen-bond acceptors (Lipinski definition) is 2. The summed E-state index contributed by atoms with van der Waals surface area (Å²) < 4.78 is 5.73. The van der Waals surface area contributed by atoms with Gasteiger partial charge in [-0.3, -0.25) is 0 Å². The van der Waals surface area contributed by atoms with Crippen molar-refractivity contribution in [1.82, 2.24) is 0 Å². The van der Waals surface area contributed by atoms with E-state index in [0.29, 0.717) is 6.04 Å². The van der Waals surface area contributed by atoms with E-state index in [2.05, 4.69) is 19.2 Å². The molecule has 0 radical (unpaired) electrons. The lowest BCUT2D eigenvalue weighted by Gasteiger charge is -2.21. The lowest BCUT2D eigenvalue weighted by Crippen LogP contribution is -2.22. The van der Waals surface area contributed by atoms with E-state index in [4.69, 9.17) is 4.74 Å². The Hall–Kier alpha value is -1.18. The summed E-state index contributed by atoms with van der Waals surface area (Å²) in [6, 6.07) is 8.54. The highest BCUT2D eigenvalue weighted by Gasteiger charge is 2.11. The molecule has 0 saturated heterocycles. The molecule has 0 bridgehead atoms. The predicted octanol–water partition coefficient (Wildman–Crippen LogP) is 3.68. The number of hydrogen-bond donors (Lipinski definition) is 1. The van der Waals surface area contributed by atoms with Gasteiger partial charge in [-0.2, -0.15) is 0 Å². The molecule has 2 nitrogen and oxygen atoms in total. The summed E-state index contributed by atoms with van der Waals surface area (Å²) in [6.45, 7) is 10.4. The van der Waals surface area contributed by atoms with Gasteiger partial charge in [0, 0.05) is 11.7 Å². The zero-order valence-electron chi connectivity index (χ0n) is 10.3. The van der Waals surface area contributed by atoms with E-state index in [-0.39, 0.29) is 5.60 Å². The van der Waals surface area contributed by atoms with Gasteiger partial charge in [0.05, 0.1) is 0 Å². The van der Waals surface area contributed by atoms with E-state index in [9.17, 15) is 0 Å². The van der Waals surface area contributed by atoms with Gasteiger partial charge in [-0.1, -0.05) is 0 Å². The first-order valence-electron chi connectivity index (χ1n) is 5.42. The van der Waals surface area contributed by atoms with Crippen LogP contribution in [0, 0.1) is 0 Å². The lowest BCUT2D eigenvalue weighted by molar-refractivity contribution is 0.131. The molecule has 1 aromatic rings. The Morgan fingerprint density at radius 3 is 2.00 bits per heavy atom. The molecule has 1 rings (SSSR count).